The summed E-state index contributed by atoms with van der Waals surface area (Å²) in [6.45, 7) is 1.63. The van der Waals surface area contributed by atoms with Gasteiger partial charge in [0.05, 0.1) is 10.8 Å². The Morgan fingerprint density at radius 3 is 2.56 bits per heavy atom. The molecular weight excluding hydrogens is 392 g/mol. The van der Waals surface area contributed by atoms with Crippen molar-refractivity contribution in [3.8, 4) is 11.5 Å². The van der Waals surface area contributed by atoms with Crippen LogP contribution in [0.3, 0.4) is 0 Å². The van der Waals surface area contributed by atoms with Gasteiger partial charge in [0, 0.05) is 23.9 Å². The Balaban J connectivity index is 2.22. The standard InChI is InChI=1S/C17H17ClN4O4S/c1-8-3-9(16(23)22-17(19)20)5-13-14(8)26-15-10(7-27(13,24)25)4-11(21-2)6-12(15)18/h3-6,21H,7H2,1-2H3,(H4,19,20,22,23). The van der Waals surface area contributed by atoms with Gasteiger partial charge in [0.25, 0.3) is 5.91 Å². The number of guanidine groups is 1. The highest BCUT2D eigenvalue weighted by atomic mass is 35.5. The van der Waals surface area contributed by atoms with Crippen molar-refractivity contribution in [2.45, 2.75) is 17.6 Å². The molecule has 0 spiro atoms. The Morgan fingerprint density at radius 1 is 1.22 bits per heavy atom. The number of sulfone groups is 1. The summed E-state index contributed by atoms with van der Waals surface area (Å²) in [7, 11) is -2.12. The molecule has 1 heterocycles. The molecule has 0 fully saturated rings. The van der Waals surface area contributed by atoms with E-state index in [1.165, 1.54) is 12.1 Å². The lowest BCUT2D eigenvalue weighted by Gasteiger charge is -2.14. The maximum atomic E-state index is 13.0. The molecule has 2 aromatic rings. The topological polar surface area (TPSA) is 137 Å². The summed E-state index contributed by atoms with van der Waals surface area (Å²) in [5, 5.41) is 3.20. The molecule has 0 bridgehead atoms. The smallest absolute Gasteiger partial charge is 0.280 e. The fourth-order valence-electron chi connectivity index (χ4n) is 2.81. The largest absolute Gasteiger partial charge is 0.454 e. The van der Waals surface area contributed by atoms with Crippen molar-refractivity contribution in [3.63, 3.8) is 0 Å². The number of nitrogens with one attached hydrogen (secondary N) is 1. The number of hydrogen-bond acceptors (Lipinski definition) is 5. The number of anilines is 1. The minimum Gasteiger partial charge on any atom is -0.454 e. The van der Waals surface area contributed by atoms with Crippen molar-refractivity contribution < 1.29 is 17.9 Å². The third-order valence-electron chi connectivity index (χ3n) is 4.01. The predicted molar refractivity (Wildman–Crippen MR) is 103 cm³/mol. The molecule has 1 aliphatic rings. The molecule has 0 saturated heterocycles. The molecule has 1 aliphatic heterocycles. The Hall–Kier alpha value is -2.78. The fraction of sp³-hybridized carbons (Fsp3) is 0.176. The molecule has 2 aromatic carbocycles. The second kappa shape index (κ2) is 6.75. The van der Waals surface area contributed by atoms with Crippen LogP contribution in [0.25, 0.3) is 0 Å². The first-order valence-electron chi connectivity index (χ1n) is 7.82. The SMILES string of the molecule is CNc1cc(Cl)c2c(c1)CS(=O)(=O)c1cc(C(=O)N=C(N)N)cc(C)c1O2. The van der Waals surface area contributed by atoms with Crippen LogP contribution in [0.5, 0.6) is 11.5 Å². The molecule has 142 valence electrons. The monoisotopic (exact) mass is 408 g/mol. The summed E-state index contributed by atoms with van der Waals surface area (Å²) in [4.78, 5) is 15.5. The lowest BCUT2D eigenvalue weighted by Crippen LogP contribution is -2.24. The molecular formula is C17H17ClN4O4S. The average molecular weight is 409 g/mol. The summed E-state index contributed by atoms with van der Waals surface area (Å²) in [5.74, 6) is -1.10. The minimum atomic E-state index is -3.82. The number of ether oxygens (including phenoxy) is 1. The van der Waals surface area contributed by atoms with Crippen molar-refractivity contribution >= 4 is 39.0 Å². The van der Waals surface area contributed by atoms with Crippen LogP contribution in [0.2, 0.25) is 5.02 Å². The number of nitrogens with two attached hydrogens (primary N) is 2. The molecule has 0 aliphatic carbocycles. The minimum absolute atomic E-state index is 0.0415. The van der Waals surface area contributed by atoms with Gasteiger partial charge in [-0.15, -0.1) is 0 Å². The Kier molecular flexibility index (Phi) is 4.75. The molecule has 27 heavy (non-hydrogen) atoms. The number of fused-ring (bicyclic) bond motifs is 2. The van der Waals surface area contributed by atoms with Crippen LogP contribution in [-0.4, -0.2) is 27.3 Å². The van der Waals surface area contributed by atoms with E-state index in [1.54, 1.807) is 26.1 Å². The van der Waals surface area contributed by atoms with Crippen molar-refractivity contribution in [3.05, 3.63) is 46.0 Å². The zero-order chi connectivity index (χ0) is 19.9. The lowest BCUT2D eigenvalue weighted by atomic mass is 10.1. The third kappa shape index (κ3) is 3.56. The van der Waals surface area contributed by atoms with Crippen molar-refractivity contribution in [1.29, 1.82) is 0 Å². The van der Waals surface area contributed by atoms with Crippen molar-refractivity contribution in [2.24, 2.45) is 16.5 Å². The van der Waals surface area contributed by atoms with E-state index in [0.29, 0.717) is 16.8 Å². The molecule has 0 aromatic heterocycles. The number of benzene rings is 2. The fourth-order valence-corrected chi connectivity index (χ4v) is 4.66. The van der Waals surface area contributed by atoms with Crippen LogP contribution < -0.4 is 21.5 Å². The van der Waals surface area contributed by atoms with E-state index in [9.17, 15) is 13.2 Å². The van der Waals surface area contributed by atoms with E-state index in [1.807, 2.05) is 0 Å². The zero-order valence-corrected chi connectivity index (χ0v) is 16.1. The molecule has 5 N–H and O–H groups in total. The number of aliphatic imine (C=N–C) groups is 1. The Bertz CT molecular complexity index is 1090. The molecule has 0 atom stereocenters. The van der Waals surface area contributed by atoms with E-state index >= 15 is 0 Å². The summed E-state index contributed by atoms with van der Waals surface area (Å²) >= 11 is 6.29. The van der Waals surface area contributed by atoms with Crippen molar-refractivity contribution in [2.75, 3.05) is 12.4 Å². The number of carbonyl (C=O) groups is 1. The summed E-state index contributed by atoms with van der Waals surface area (Å²) < 4.78 is 31.8. The average Bonchev–Trinajstić information content (AvgIpc) is 2.68. The molecule has 0 unspecified atom stereocenters. The highest BCUT2D eigenvalue weighted by molar-refractivity contribution is 7.90. The van der Waals surface area contributed by atoms with Gasteiger partial charge in [-0.1, -0.05) is 11.6 Å². The van der Waals surface area contributed by atoms with Crippen LogP contribution in [0.4, 0.5) is 5.69 Å². The highest BCUT2D eigenvalue weighted by Crippen LogP contribution is 2.44. The maximum Gasteiger partial charge on any atom is 0.280 e. The van der Waals surface area contributed by atoms with Gasteiger partial charge in [-0.3, -0.25) is 4.79 Å². The molecule has 8 nitrogen and oxygen atoms in total. The first kappa shape index (κ1) is 19.0. The quantitative estimate of drug-likeness (QED) is 0.511. The second-order valence-corrected chi connectivity index (χ2v) is 8.38. The van der Waals surface area contributed by atoms with Gasteiger partial charge in [-0.25, -0.2) is 8.42 Å². The first-order chi connectivity index (χ1) is 12.6. The van der Waals surface area contributed by atoms with Crippen LogP contribution in [0.1, 0.15) is 21.5 Å². The summed E-state index contributed by atoms with van der Waals surface area (Å²) in [5.41, 5.74) is 12.0. The number of aryl methyl sites for hydroxylation is 1. The number of rotatable bonds is 2. The maximum absolute atomic E-state index is 13.0. The second-order valence-electron chi connectivity index (χ2n) is 6.02. The van der Waals surface area contributed by atoms with Crippen molar-refractivity contribution in [1.82, 2.24) is 0 Å². The van der Waals surface area contributed by atoms with Crippen LogP contribution in [0, 0.1) is 6.92 Å². The number of hydrogen-bond donors (Lipinski definition) is 3. The van der Waals surface area contributed by atoms with Crippen LogP contribution >= 0.6 is 11.6 Å². The first-order valence-corrected chi connectivity index (χ1v) is 9.85. The molecule has 1 amide bonds. The van der Waals surface area contributed by atoms with Gasteiger partial charge in [-0.2, -0.15) is 4.99 Å². The number of nitrogens with zero attached hydrogens (tertiary/aromatic N) is 1. The lowest BCUT2D eigenvalue weighted by molar-refractivity contribution is 0.100. The molecule has 3 rings (SSSR count). The van der Waals surface area contributed by atoms with Crippen LogP contribution in [-0.2, 0) is 15.6 Å². The summed E-state index contributed by atoms with van der Waals surface area (Å²) in [6, 6.07) is 5.98. The van der Waals surface area contributed by atoms with E-state index < -0.39 is 21.7 Å². The summed E-state index contributed by atoms with van der Waals surface area (Å²) in [6.07, 6.45) is 0. The van der Waals surface area contributed by atoms with Crippen LogP contribution in [0.15, 0.2) is 34.2 Å². The number of carbonyl (C=O) groups excluding carboxylic acids is 1. The highest BCUT2D eigenvalue weighted by Gasteiger charge is 2.31. The Morgan fingerprint density at radius 2 is 1.93 bits per heavy atom. The van der Waals surface area contributed by atoms with Gasteiger partial charge in [0.2, 0.25) is 0 Å². The zero-order valence-electron chi connectivity index (χ0n) is 14.5. The van der Waals surface area contributed by atoms with E-state index in [0.717, 1.165) is 0 Å². The number of halogens is 1. The number of amides is 1. The third-order valence-corrected chi connectivity index (χ3v) is 5.96. The van der Waals surface area contributed by atoms with E-state index in [-0.39, 0.29) is 32.7 Å². The predicted octanol–water partition coefficient (Wildman–Crippen LogP) is 2.18. The van der Waals surface area contributed by atoms with Gasteiger partial charge >= 0.3 is 0 Å². The molecule has 0 saturated carbocycles. The Labute approximate surface area is 161 Å². The van der Waals surface area contributed by atoms with E-state index in [2.05, 4.69) is 10.3 Å². The van der Waals surface area contributed by atoms with Gasteiger partial charge < -0.3 is 21.5 Å². The van der Waals surface area contributed by atoms with Gasteiger partial charge in [-0.05, 0) is 36.8 Å². The molecule has 0 radical (unpaired) electrons. The van der Waals surface area contributed by atoms with Gasteiger partial charge in [0.1, 0.15) is 16.4 Å². The van der Waals surface area contributed by atoms with Gasteiger partial charge in [0.15, 0.2) is 15.8 Å². The molecule has 10 heteroatoms. The van der Waals surface area contributed by atoms with E-state index in [4.69, 9.17) is 27.8 Å². The normalized spacial score (nSPS) is 14.2.